The standard InChI is InChI=1S/C19H19ClN2O/c1-13-17-4-2-14(10-16(17)12-23-13)6-8-22-9-7-18-15(11-22)3-5-19(20)21-18/h2-5,10H,1,6-9,11-12H2. The van der Waals surface area contributed by atoms with Gasteiger partial charge in [-0.2, -0.15) is 0 Å². The lowest BCUT2D eigenvalue weighted by Crippen LogP contribution is -2.32. The topological polar surface area (TPSA) is 25.4 Å². The molecule has 1 aromatic carbocycles. The van der Waals surface area contributed by atoms with Gasteiger partial charge in [-0.05, 0) is 23.6 Å². The van der Waals surface area contributed by atoms with Crippen molar-refractivity contribution < 1.29 is 4.74 Å². The van der Waals surface area contributed by atoms with E-state index in [4.69, 9.17) is 16.3 Å². The third kappa shape index (κ3) is 2.99. The fraction of sp³-hybridized carbons (Fsp3) is 0.316. The molecule has 1 aromatic heterocycles. The summed E-state index contributed by atoms with van der Waals surface area (Å²) in [5.41, 5.74) is 6.24. The fourth-order valence-corrected chi connectivity index (χ4v) is 3.53. The first-order valence-electron chi connectivity index (χ1n) is 7.99. The van der Waals surface area contributed by atoms with Gasteiger partial charge in [-0.25, -0.2) is 4.98 Å². The van der Waals surface area contributed by atoms with Gasteiger partial charge in [-0.3, -0.25) is 4.90 Å². The molecule has 0 spiro atoms. The molecule has 0 atom stereocenters. The minimum atomic E-state index is 0.596. The number of ether oxygens (including phenoxy) is 1. The normalized spacial score (nSPS) is 16.8. The van der Waals surface area contributed by atoms with Gasteiger partial charge in [0.1, 0.15) is 17.5 Å². The van der Waals surface area contributed by atoms with Crippen molar-refractivity contribution in [3.63, 3.8) is 0 Å². The second-order valence-corrected chi connectivity index (χ2v) is 6.61. The van der Waals surface area contributed by atoms with Crippen molar-refractivity contribution in [1.29, 1.82) is 0 Å². The molecule has 4 heteroatoms. The van der Waals surface area contributed by atoms with Gasteiger partial charge in [0.15, 0.2) is 0 Å². The van der Waals surface area contributed by atoms with Gasteiger partial charge >= 0.3 is 0 Å². The molecule has 2 aliphatic rings. The van der Waals surface area contributed by atoms with Crippen molar-refractivity contribution in [2.45, 2.75) is 26.0 Å². The molecule has 0 amide bonds. The number of hydrogen-bond acceptors (Lipinski definition) is 3. The van der Waals surface area contributed by atoms with Crippen LogP contribution in [0.4, 0.5) is 0 Å². The average Bonchev–Trinajstić information content (AvgIpc) is 2.93. The van der Waals surface area contributed by atoms with Crippen LogP contribution in [0.25, 0.3) is 5.76 Å². The molecule has 0 unspecified atom stereocenters. The van der Waals surface area contributed by atoms with Crippen molar-refractivity contribution in [2.75, 3.05) is 13.1 Å². The van der Waals surface area contributed by atoms with E-state index in [-0.39, 0.29) is 0 Å². The summed E-state index contributed by atoms with van der Waals surface area (Å²) in [5.74, 6) is 0.797. The maximum absolute atomic E-state index is 5.97. The first-order chi connectivity index (χ1) is 11.2. The van der Waals surface area contributed by atoms with E-state index in [9.17, 15) is 0 Å². The Hall–Kier alpha value is -1.84. The van der Waals surface area contributed by atoms with Crippen molar-refractivity contribution in [2.24, 2.45) is 0 Å². The molecule has 3 nitrogen and oxygen atoms in total. The number of nitrogens with zero attached hydrogens (tertiary/aromatic N) is 2. The fourth-order valence-electron chi connectivity index (χ4n) is 3.36. The Labute approximate surface area is 141 Å². The number of benzene rings is 1. The van der Waals surface area contributed by atoms with Crippen molar-refractivity contribution in [1.82, 2.24) is 9.88 Å². The molecule has 0 bridgehead atoms. The summed E-state index contributed by atoms with van der Waals surface area (Å²) in [6, 6.07) is 10.6. The minimum Gasteiger partial charge on any atom is -0.489 e. The number of fused-ring (bicyclic) bond motifs is 2. The SMILES string of the molecule is C=C1OCc2cc(CCN3CCc4nc(Cl)ccc4C3)ccc21. The van der Waals surface area contributed by atoms with Crippen LogP contribution < -0.4 is 0 Å². The van der Waals surface area contributed by atoms with E-state index >= 15 is 0 Å². The Balaban J connectivity index is 1.40. The van der Waals surface area contributed by atoms with Gasteiger partial charge in [-0.1, -0.05) is 42.4 Å². The summed E-state index contributed by atoms with van der Waals surface area (Å²) in [6.07, 6.45) is 2.03. The first-order valence-corrected chi connectivity index (χ1v) is 8.37. The van der Waals surface area contributed by atoms with Crippen LogP contribution in [0.15, 0.2) is 36.9 Å². The summed E-state index contributed by atoms with van der Waals surface area (Å²) in [6.45, 7) is 7.65. The van der Waals surface area contributed by atoms with Crippen molar-refractivity contribution in [3.8, 4) is 0 Å². The molecule has 23 heavy (non-hydrogen) atoms. The molecule has 0 saturated carbocycles. The lowest BCUT2D eigenvalue weighted by atomic mass is 10.0. The smallest absolute Gasteiger partial charge is 0.129 e. The van der Waals surface area contributed by atoms with Crippen molar-refractivity contribution >= 4 is 17.4 Å². The molecular formula is C19H19ClN2O. The summed E-state index contributed by atoms with van der Waals surface area (Å²) in [5, 5.41) is 0.596. The van der Waals surface area contributed by atoms with E-state index in [0.29, 0.717) is 11.8 Å². The van der Waals surface area contributed by atoms with Crippen molar-refractivity contribution in [3.05, 3.63) is 70.0 Å². The Morgan fingerprint density at radius 1 is 1.22 bits per heavy atom. The number of aromatic nitrogens is 1. The predicted octanol–water partition coefficient (Wildman–Crippen LogP) is 3.84. The molecule has 0 radical (unpaired) electrons. The van der Waals surface area contributed by atoms with E-state index in [0.717, 1.165) is 49.5 Å². The van der Waals surface area contributed by atoms with Crippen LogP contribution >= 0.6 is 11.6 Å². The highest BCUT2D eigenvalue weighted by atomic mass is 35.5. The highest BCUT2D eigenvalue weighted by molar-refractivity contribution is 6.29. The summed E-state index contributed by atoms with van der Waals surface area (Å²) >= 11 is 5.97. The second-order valence-electron chi connectivity index (χ2n) is 6.22. The molecule has 0 aliphatic carbocycles. The average molecular weight is 327 g/mol. The maximum atomic E-state index is 5.97. The quantitative estimate of drug-likeness (QED) is 0.801. The predicted molar refractivity (Wildman–Crippen MR) is 92.2 cm³/mol. The van der Waals surface area contributed by atoms with E-state index in [2.05, 4.69) is 40.7 Å². The molecule has 118 valence electrons. The molecule has 4 rings (SSSR count). The van der Waals surface area contributed by atoms with Gasteiger partial charge in [-0.15, -0.1) is 0 Å². The Morgan fingerprint density at radius 2 is 2.13 bits per heavy atom. The summed E-state index contributed by atoms with van der Waals surface area (Å²) < 4.78 is 5.50. The minimum absolute atomic E-state index is 0.596. The summed E-state index contributed by atoms with van der Waals surface area (Å²) in [4.78, 5) is 6.92. The van der Waals surface area contributed by atoms with E-state index in [1.807, 2.05) is 6.07 Å². The van der Waals surface area contributed by atoms with Crippen LogP contribution in [0.5, 0.6) is 0 Å². The van der Waals surface area contributed by atoms with E-state index in [1.54, 1.807) is 0 Å². The number of rotatable bonds is 3. The van der Waals surface area contributed by atoms with Crippen LogP contribution in [-0.4, -0.2) is 23.0 Å². The molecule has 0 fully saturated rings. The van der Waals surface area contributed by atoms with E-state index in [1.165, 1.54) is 16.7 Å². The van der Waals surface area contributed by atoms with Gasteiger partial charge in [0.2, 0.25) is 0 Å². The number of halogens is 1. The van der Waals surface area contributed by atoms with Gasteiger partial charge < -0.3 is 4.74 Å². The molecule has 2 aromatic rings. The molecule has 2 aliphatic heterocycles. The van der Waals surface area contributed by atoms with Crippen LogP contribution in [0.1, 0.15) is 27.9 Å². The van der Waals surface area contributed by atoms with Crippen LogP contribution in [0.2, 0.25) is 5.15 Å². The van der Waals surface area contributed by atoms with Gasteiger partial charge in [0.05, 0.1) is 0 Å². The largest absolute Gasteiger partial charge is 0.489 e. The molecule has 0 saturated heterocycles. The zero-order valence-corrected chi connectivity index (χ0v) is 13.8. The summed E-state index contributed by atoms with van der Waals surface area (Å²) in [7, 11) is 0. The Bertz CT molecular complexity index is 772. The van der Waals surface area contributed by atoms with Crippen LogP contribution in [0, 0.1) is 0 Å². The molecular weight excluding hydrogens is 308 g/mol. The Morgan fingerprint density at radius 3 is 3.04 bits per heavy atom. The van der Waals surface area contributed by atoms with Crippen LogP contribution in [-0.2, 0) is 30.7 Å². The Kier molecular flexibility index (Phi) is 3.83. The molecule has 3 heterocycles. The third-order valence-corrected chi connectivity index (χ3v) is 4.89. The first kappa shape index (κ1) is 14.7. The zero-order chi connectivity index (χ0) is 15.8. The van der Waals surface area contributed by atoms with Crippen LogP contribution in [0.3, 0.4) is 0 Å². The third-order valence-electron chi connectivity index (χ3n) is 4.68. The maximum Gasteiger partial charge on any atom is 0.129 e. The highest BCUT2D eigenvalue weighted by Gasteiger charge is 2.19. The van der Waals surface area contributed by atoms with E-state index < -0.39 is 0 Å². The van der Waals surface area contributed by atoms with Gasteiger partial charge in [0.25, 0.3) is 0 Å². The lowest BCUT2D eigenvalue weighted by molar-refractivity contribution is 0.255. The zero-order valence-electron chi connectivity index (χ0n) is 13.0. The highest BCUT2D eigenvalue weighted by Crippen LogP contribution is 2.29. The van der Waals surface area contributed by atoms with Gasteiger partial charge in [0, 0.05) is 42.9 Å². The monoisotopic (exact) mass is 326 g/mol. The molecule has 0 N–H and O–H groups in total. The number of hydrogen-bond donors (Lipinski definition) is 0. The lowest BCUT2D eigenvalue weighted by Gasteiger charge is -2.28. The number of pyridine rings is 1. The second kappa shape index (κ2) is 5.99.